The molecular weight excluding hydrogens is 432 g/mol. The summed E-state index contributed by atoms with van der Waals surface area (Å²) in [6, 6.07) is 7.08. The van der Waals surface area contributed by atoms with Crippen LogP contribution in [0.15, 0.2) is 43.0 Å². The highest BCUT2D eigenvalue weighted by Gasteiger charge is 2.25. The van der Waals surface area contributed by atoms with Crippen LogP contribution in [-0.4, -0.2) is 87.8 Å². The Morgan fingerprint density at radius 2 is 1.68 bits per heavy atom. The van der Waals surface area contributed by atoms with E-state index in [2.05, 4.69) is 15.2 Å². The lowest BCUT2D eigenvalue weighted by molar-refractivity contribution is -0.132. The van der Waals surface area contributed by atoms with Crippen LogP contribution in [0.25, 0.3) is 0 Å². The molecule has 34 heavy (non-hydrogen) atoms. The zero-order chi connectivity index (χ0) is 23.8. The van der Waals surface area contributed by atoms with Gasteiger partial charge in [-0.15, -0.1) is 0 Å². The fourth-order valence-corrected chi connectivity index (χ4v) is 4.51. The Kier molecular flexibility index (Phi) is 8.30. The van der Waals surface area contributed by atoms with Gasteiger partial charge >= 0.3 is 0 Å². The van der Waals surface area contributed by atoms with Gasteiger partial charge in [-0.3, -0.25) is 19.3 Å². The summed E-state index contributed by atoms with van der Waals surface area (Å²) in [5, 5.41) is 2.87. The van der Waals surface area contributed by atoms with Crippen molar-refractivity contribution in [3.63, 3.8) is 0 Å². The number of aryl methyl sites for hydroxylation is 1. The average molecular weight is 467 g/mol. The van der Waals surface area contributed by atoms with Crippen molar-refractivity contribution in [3.8, 4) is 0 Å². The van der Waals surface area contributed by atoms with Crippen LogP contribution in [0.4, 0.5) is 5.69 Å². The molecule has 0 unspecified atom stereocenters. The predicted molar refractivity (Wildman–Crippen MR) is 129 cm³/mol. The Hall–Kier alpha value is -3.20. The number of nitrogens with zero attached hydrogens (tertiary/aromatic N) is 5. The molecule has 0 bridgehead atoms. The van der Waals surface area contributed by atoms with Crippen LogP contribution in [0.2, 0.25) is 0 Å². The van der Waals surface area contributed by atoms with E-state index < -0.39 is 0 Å². The van der Waals surface area contributed by atoms with E-state index in [1.54, 1.807) is 36.8 Å². The van der Waals surface area contributed by atoms with Crippen molar-refractivity contribution in [2.45, 2.75) is 38.6 Å². The summed E-state index contributed by atoms with van der Waals surface area (Å²) >= 11 is 0. The number of aromatic nitrogens is 2. The van der Waals surface area contributed by atoms with Gasteiger partial charge in [-0.1, -0.05) is 18.9 Å². The van der Waals surface area contributed by atoms with Gasteiger partial charge in [-0.2, -0.15) is 0 Å². The molecule has 2 aliphatic rings. The van der Waals surface area contributed by atoms with Crippen LogP contribution < -0.4 is 5.32 Å². The highest BCUT2D eigenvalue weighted by atomic mass is 16.2. The van der Waals surface area contributed by atoms with Gasteiger partial charge in [0.15, 0.2) is 0 Å². The van der Waals surface area contributed by atoms with Gasteiger partial charge in [-0.05, 0) is 31.0 Å². The number of piperazine rings is 1. The Balaban J connectivity index is 1.24. The second-order valence-electron chi connectivity index (χ2n) is 9.04. The first-order chi connectivity index (χ1) is 16.6. The van der Waals surface area contributed by atoms with Gasteiger partial charge in [0.1, 0.15) is 0 Å². The van der Waals surface area contributed by atoms with Crippen LogP contribution in [0, 0.1) is 0 Å². The molecule has 0 spiro atoms. The summed E-state index contributed by atoms with van der Waals surface area (Å²) in [7, 11) is 0. The topological polar surface area (TPSA) is 90.8 Å². The molecule has 0 saturated carbocycles. The second-order valence-corrected chi connectivity index (χ2v) is 9.04. The summed E-state index contributed by atoms with van der Waals surface area (Å²) < 4.78 is 1.85. The number of carbonyl (C=O) groups excluding carboxylic acids is 3. The molecule has 3 amide bonds. The SMILES string of the molecule is O=C(CCn1ccnc1)Nc1cccc(C(=O)N2CCN(CC(=O)N3CCCCCC3)CC2)c1. The van der Waals surface area contributed by atoms with E-state index in [1.165, 1.54) is 12.8 Å². The zero-order valence-electron chi connectivity index (χ0n) is 19.7. The summed E-state index contributed by atoms with van der Waals surface area (Å²) in [6.45, 7) is 5.28. The van der Waals surface area contributed by atoms with Crippen molar-refractivity contribution in [2.75, 3.05) is 51.1 Å². The average Bonchev–Trinajstić information content (AvgIpc) is 3.23. The smallest absolute Gasteiger partial charge is 0.254 e. The molecule has 1 aromatic carbocycles. The first kappa shape index (κ1) is 23.9. The molecule has 0 atom stereocenters. The van der Waals surface area contributed by atoms with Crippen LogP contribution in [0.3, 0.4) is 0 Å². The Morgan fingerprint density at radius 1 is 0.912 bits per heavy atom. The van der Waals surface area contributed by atoms with E-state index in [1.807, 2.05) is 20.6 Å². The van der Waals surface area contributed by atoms with Crippen molar-refractivity contribution in [1.82, 2.24) is 24.3 Å². The highest BCUT2D eigenvalue weighted by Crippen LogP contribution is 2.15. The molecule has 9 heteroatoms. The van der Waals surface area contributed by atoms with Gasteiger partial charge in [0, 0.05) is 75.9 Å². The number of hydrogen-bond donors (Lipinski definition) is 1. The van der Waals surface area contributed by atoms with Gasteiger partial charge in [0.2, 0.25) is 11.8 Å². The van der Waals surface area contributed by atoms with Crippen molar-refractivity contribution in [3.05, 3.63) is 48.5 Å². The number of rotatable bonds is 7. The van der Waals surface area contributed by atoms with E-state index >= 15 is 0 Å². The molecule has 3 heterocycles. The number of hydrogen-bond acceptors (Lipinski definition) is 5. The lowest BCUT2D eigenvalue weighted by Gasteiger charge is -2.35. The molecule has 0 radical (unpaired) electrons. The van der Waals surface area contributed by atoms with E-state index in [0.717, 1.165) is 25.9 Å². The summed E-state index contributed by atoms with van der Waals surface area (Å²) in [6.07, 6.45) is 10.1. The largest absolute Gasteiger partial charge is 0.342 e. The van der Waals surface area contributed by atoms with Gasteiger partial charge < -0.3 is 19.7 Å². The zero-order valence-corrected chi connectivity index (χ0v) is 19.7. The maximum absolute atomic E-state index is 13.0. The molecule has 2 saturated heterocycles. The lowest BCUT2D eigenvalue weighted by Crippen LogP contribution is -2.51. The molecule has 0 aliphatic carbocycles. The predicted octanol–water partition coefficient (Wildman–Crippen LogP) is 2.07. The molecule has 4 rings (SSSR count). The minimum Gasteiger partial charge on any atom is -0.342 e. The fraction of sp³-hybridized carbons (Fsp3) is 0.520. The van der Waals surface area contributed by atoms with Crippen molar-refractivity contribution in [2.24, 2.45) is 0 Å². The first-order valence-electron chi connectivity index (χ1n) is 12.2. The molecule has 1 aromatic heterocycles. The van der Waals surface area contributed by atoms with Gasteiger partial charge in [0.25, 0.3) is 5.91 Å². The maximum atomic E-state index is 13.0. The number of nitrogens with one attached hydrogen (secondary N) is 1. The van der Waals surface area contributed by atoms with Gasteiger partial charge in [0.05, 0.1) is 12.9 Å². The summed E-state index contributed by atoms with van der Waals surface area (Å²) in [5.41, 5.74) is 1.17. The lowest BCUT2D eigenvalue weighted by atomic mass is 10.1. The third-order valence-electron chi connectivity index (χ3n) is 6.53. The number of amides is 3. The number of likely N-dealkylation sites (tertiary alicyclic amines) is 1. The standard InChI is InChI=1S/C25H34N6O3/c32-23(8-12-29-13-9-26-20-29)27-22-7-5-6-21(18-22)25(34)31-16-14-28(15-17-31)19-24(33)30-10-3-1-2-4-11-30/h5-7,9,13,18,20H,1-4,8,10-12,14-17,19H2,(H,27,32). The molecule has 2 aromatic rings. The first-order valence-corrected chi connectivity index (χ1v) is 12.2. The second kappa shape index (κ2) is 11.8. The summed E-state index contributed by atoms with van der Waals surface area (Å²) in [4.78, 5) is 47.9. The molecule has 2 aliphatic heterocycles. The minimum absolute atomic E-state index is 0.0481. The Morgan fingerprint density at radius 3 is 2.38 bits per heavy atom. The van der Waals surface area contributed by atoms with Crippen molar-refractivity contribution < 1.29 is 14.4 Å². The molecule has 9 nitrogen and oxygen atoms in total. The number of benzene rings is 1. The molecule has 2 fully saturated rings. The van der Waals surface area contributed by atoms with Gasteiger partial charge in [-0.25, -0.2) is 4.98 Å². The Labute approximate surface area is 200 Å². The van der Waals surface area contributed by atoms with E-state index in [-0.39, 0.29) is 17.7 Å². The van der Waals surface area contributed by atoms with Crippen LogP contribution in [0.5, 0.6) is 0 Å². The molecular formula is C25H34N6O3. The monoisotopic (exact) mass is 466 g/mol. The highest BCUT2D eigenvalue weighted by molar-refractivity contribution is 5.97. The van der Waals surface area contributed by atoms with Crippen molar-refractivity contribution >= 4 is 23.4 Å². The van der Waals surface area contributed by atoms with E-state index in [4.69, 9.17) is 0 Å². The Bertz CT molecular complexity index is 961. The third-order valence-corrected chi connectivity index (χ3v) is 6.53. The maximum Gasteiger partial charge on any atom is 0.254 e. The summed E-state index contributed by atoms with van der Waals surface area (Å²) in [5.74, 6) is 0.0483. The van der Waals surface area contributed by atoms with Crippen LogP contribution in [-0.2, 0) is 16.1 Å². The van der Waals surface area contributed by atoms with Crippen molar-refractivity contribution in [1.29, 1.82) is 0 Å². The van der Waals surface area contributed by atoms with E-state index in [0.29, 0.717) is 56.9 Å². The third kappa shape index (κ3) is 6.66. The normalized spacial score (nSPS) is 17.3. The number of carbonyl (C=O) groups is 3. The van der Waals surface area contributed by atoms with Crippen LogP contribution >= 0.6 is 0 Å². The number of anilines is 1. The molecule has 1 N–H and O–H groups in total. The van der Waals surface area contributed by atoms with Crippen LogP contribution in [0.1, 0.15) is 42.5 Å². The number of imidazole rings is 1. The molecule has 182 valence electrons. The quantitative estimate of drug-likeness (QED) is 0.675. The fourth-order valence-electron chi connectivity index (χ4n) is 4.51. The minimum atomic E-state index is -0.110. The van der Waals surface area contributed by atoms with E-state index in [9.17, 15) is 14.4 Å².